The van der Waals surface area contributed by atoms with E-state index in [4.69, 9.17) is 11.6 Å². The molecule has 18 heavy (non-hydrogen) atoms. The van der Waals surface area contributed by atoms with E-state index in [2.05, 4.69) is 50.0 Å². The van der Waals surface area contributed by atoms with Gasteiger partial charge in [-0.25, -0.2) is 4.98 Å². The predicted octanol–water partition coefficient (Wildman–Crippen LogP) is 5.15. The molecule has 3 heteroatoms. The van der Waals surface area contributed by atoms with Crippen molar-refractivity contribution in [3.63, 3.8) is 0 Å². The third-order valence-electron chi connectivity index (χ3n) is 3.01. The average molecular weight is 280 g/mol. The van der Waals surface area contributed by atoms with Crippen molar-refractivity contribution < 1.29 is 0 Å². The van der Waals surface area contributed by atoms with Gasteiger partial charge in [0.1, 0.15) is 5.01 Å². The second kappa shape index (κ2) is 5.02. The van der Waals surface area contributed by atoms with E-state index in [0.717, 1.165) is 15.6 Å². The Morgan fingerprint density at radius 3 is 2.22 bits per heavy atom. The average Bonchev–Trinajstić information content (AvgIpc) is 2.69. The molecule has 0 amide bonds. The molecule has 1 aromatic heterocycles. The molecule has 0 saturated heterocycles. The summed E-state index contributed by atoms with van der Waals surface area (Å²) < 4.78 is 0. The van der Waals surface area contributed by atoms with Gasteiger partial charge in [-0.2, -0.15) is 0 Å². The number of aromatic nitrogens is 1. The number of hydrogen-bond donors (Lipinski definition) is 0. The van der Waals surface area contributed by atoms with E-state index in [1.54, 1.807) is 11.3 Å². The number of benzene rings is 1. The molecule has 1 aromatic carbocycles. The fourth-order valence-electron chi connectivity index (χ4n) is 1.79. The van der Waals surface area contributed by atoms with E-state index in [1.807, 2.05) is 6.92 Å². The zero-order chi connectivity index (χ0) is 13.3. The van der Waals surface area contributed by atoms with Gasteiger partial charge in [-0.05, 0) is 17.9 Å². The van der Waals surface area contributed by atoms with Crippen molar-refractivity contribution in [3.8, 4) is 10.6 Å². The van der Waals surface area contributed by atoms with Crippen molar-refractivity contribution in [2.24, 2.45) is 0 Å². The van der Waals surface area contributed by atoms with Gasteiger partial charge in [-0.1, -0.05) is 45.0 Å². The third-order valence-corrected chi connectivity index (χ3v) is 4.64. The number of aryl methyl sites for hydroxylation is 1. The molecule has 0 fully saturated rings. The molecule has 0 aliphatic rings. The summed E-state index contributed by atoms with van der Waals surface area (Å²) in [5.41, 5.74) is 3.76. The number of thiazole rings is 1. The van der Waals surface area contributed by atoms with Crippen molar-refractivity contribution in [1.29, 1.82) is 0 Å². The first kappa shape index (κ1) is 13.6. The van der Waals surface area contributed by atoms with Crippen LogP contribution in [0.3, 0.4) is 0 Å². The Labute approximate surface area is 118 Å². The van der Waals surface area contributed by atoms with Crippen molar-refractivity contribution in [3.05, 3.63) is 40.4 Å². The highest BCUT2D eigenvalue weighted by atomic mass is 35.5. The van der Waals surface area contributed by atoms with Gasteiger partial charge in [0.2, 0.25) is 0 Å². The molecule has 96 valence electrons. The van der Waals surface area contributed by atoms with Crippen LogP contribution in [0, 0.1) is 6.92 Å². The molecule has 0 saturated carbocycles. The van der Waals surface area contributed by atoms with Gasteiger partial charge in [-0.15, -0.1) is 22.9 Å². The van der Waals surface area contributed by atoms with Crippen LogP contribution in [-0.4, -0.2) is 4.98 Å². The number of hydrogen-bond acceptors (Lipinski definition) is 2. The molecule has 0 N–H and O–H groups in total. The SMILES string of the molecule is Cc1nc(-c2ccc(C(C)(C)C)cc2)sc1CCl. The van der Waals surface area contributed by atoms with Gasteiger partial charge >= 0.3 is 0 Å². The summed E-state index contributed by atoms with van der Waals surface area (Å²) in [7, 11) is 0. The van der Waals surface area contributed by atoms with E-state index < -0.39 is 0 Å². The first-order chi connectivity index (χ1) is 8.41. The molecule has 2 aromatic rings. The van der Waals surface area contributed by atoms with Crippen LogP contribution in [0.25, 0.3) is 10.6 Å². The van der Waals surface area contributed by atoms with E-state index in [0.29, 0.717) is 5.88 Å². The lowest BCUT2D eigenvalue weighted by Gasteiger charge is -2.18. The van der Waals surface area contributed by atoms with Crippen LogP contribution in [0.2, 0.25) is 0 Å². The minimum atomic E-state index is 0.193. The zero-order valence-corrected chi connectivity index (χ0v) is 12.8. The second-order valence-electron chi connectivity index (χ2n) is 5.49. The minimum Gasteiger partial charge on any atom is -0.241 e. The van der Waals surface area contributed by atoms with E-state index >= 15 is 0 Å². The molecule has 0 bridgehead atoms. The van der Waals surface area contributed by atoms with E-state index in [1.165, 1.54) is 11.1 Å². The van der Waals surface area contributed by atoms with Gasteiger partial charge in [0, 0.05) is 10.4 Å². The van der Waals surface area contributed by atoms with Crippen LogP contribution in [0.5, 0.6) is 0 Å². The molecule has 1 heterocycles. The Morgan fingerprint density at radius 1 is 1.17 bits per heavy atom. The van der Waals surface area contributed by atoms with Gasteiger partial charge in [0.05, 0.1) is 11.6 Å². The van der Waals surface area contributed by atoms with E-state index in [9.17, 15) is 0 Å². The molecule has 0 atom stereocenters. The highest BCUT2D eigenvalue weighted by molar-refractivity contribution is 7.15. The highest BCUT2D eigenvalue weighted by Crippen LogP contribution is 2.30. The summed E-state index contributed by atoms with van der Waals surface area (Å²) in [6.45, 7) is 8.69. The number of nitrogens with zero attached hydrogens (tertiary/aromatic N) is 1. The van der Waals surface area contributed by atoms with Crippen LogP contribution < -0.4 is 0 Å². The molecule has 1 nitrogen and oxygen atoms in total. The lowest BCUT2D eigenvalue weighted by Crippen LogP contribution is -2.10. The van der Waals surface area contributed by atoms with Gasteiger partial charge in [-0.3, -0.25) is 0 Å². The van der Waals surface area contributed by atoms with Gasteiger partial charge < -0.3 is 0 Å². The molecule has 0 aliphatic heterocycles. The maximum atomic E-state index is 5.89. The topological polar surface area (TPSA) is 12.9 Å². The van der Waals surface area contributed by atoms with Crippen LogP contribution in [0.1, 0.15) is 36.9 Å². The molecule has 0 spiro atoms. The lowest BCUT2D eigenvalue weighted by atomic mass is 9.87. The molecular weight excluding hydrogens is 262 g/mol. The molecule has 0 radical (unpaired) electrons. The van der Waals surface area contributed by atoms with Crippen molar-refractivity contribution in [2.45, 2.75) is 39.0 Å². The normalized spacial score (nSPS) is 11.8. The smallest absolute Gasteiger partial charge is 0.123 e. The Hall–Kier alpha value is -0.860. The predicted molar refractivity (Wildman–Crippen MR) is 80.5 cm³/mol. The van der Waals surface area contributed by atoms with Crippen LogP contribution in [0.4, 0.5) is 0 Å². The minimum absolute atomic E-state index is 0.193. The van der Waals surface area contributed by atoms with Crippen molar-refractivity contribution >= 4 is 22.9 Å². The maximum Gasteiger partial charge on any atom is 0.123 e. The fourth-order valence-corrected chi connectivity index (χ4v) is 3.06. The van der Waals surface area contributed by atoms with Gasteiger partial charge in [0.15, 0.2) is 0 Å². The summed E-state index contributed by atoms with van der Waals surface area (Å²) in [6, 6.07) is 8.67. The third kappa shape index (κ3) is 2.76. The summed E-state index contributed by atoms with van der Waals surface area (Å²) in [6.07, 6.45) is 0. The van der Waals surface area contributed by atoms with Crippen molar-refractivity contribution in [2.75, 3.05) is 0 Å². The van der Waals surface area contributed by atoms with E-state index in [-0.39, 0.29) is 5.41 Å². The first-order valence-electron chi connectivity index (χ1n) is 6.05. The Balaban J connectivity index is 2.34. The summed E-state index contributed by atoms with van der Waals surface area (Å²) in [5, 5.41) is 1.06. The van der Waals surface area contributed by atoms with Crippen molar-refractivity contribution in [1.82, 2.24) is 4.98 Å². The zero-order valence-electron chi connectivity index (χ0n) is 11.2. The quantitative estimate of drug-likeness (QED) is 0.693. The summed E-state index contributed by atoms with van der Waals surface area (Å²) >= 11 is 7.57. The Morgan fingerprint density at radius 2 is 1.78 bits per heavy atom. The number of halogens is 1. The monoisotopic (exact) mass is 279 g/mol. The largest absolute Gasteiger partial charge is 0.241 e. The lowest BCUT2D eigenvalue weighted by molar-refractivity contribution is 0.590. The number of rotatable bonds is 2. The standard InChI is InChI=1S/C15H18ClNS/c1-10-13(9-16)18-14(17-10)11-5-7-12(8-6-11)15(2,3)4/h5-8H,9H2,1-4H3. The summed E-state index contributed by atoms with van der Waals surface area (Å²) in [4.78, 5) is 5.74. The first-order valence-corrected chi connectivity index (χ1v) is 7.40. The summed E-state index contributed by atoms with van der Waals surface area (Å²) in [5.74, 6) is 0.545. The molecular formula is C15H18ClNS. The van der Waals surface area contributed by atoms with Crippen LogP contribution >= 0.6 is 22.9 Å². The maximum absolute atomic E-state index is 5.89. The second-order valence-corrected chi connectivity index (χ2v) is 6.84. The Kier molecular flexibility index (Phi) is 3.79. The molecule has 2 rings (SSSR count). The van der Waals surface area contributed by atoms with Gasteiger partial charge in [0.25, 0.3) is 0 Å². The fraction of sp³-hybridized carbons (Fsp3) is 0.400. The highest BCUT2D eigenvalue weighted by Gasteiger charge is 2.14. The molecule has 0 aliphatic carbocycles. The van der Waals surface area contributed by atoms with Crippen LogP contribution in [0.15, 0.2) is 24.3 Å². The number of alkyl halides is 1. The molecule has 0 unspecified atom stereocenters. The Bertz CT molecular complexity index is 535. The van der Waals surface area contributed by atoms with Crippen LogP contribution in [-0.2, 0) is 11.3 Å².